The molecule has 1 heterocycles. The molecule has 4 rings (SSSR count). The number of carbonyl (C=O) groups is 2. The van der Waals surface area contributed by atoms with E-state index >= 15 is 0 Å². The number of aromatic hydroxyl groups is 1. The van der Waals surface area contributed by atoms with Crippen LogP contribution in [0.3, 0.4) is 0 Å². The van der Waals surface area contributed by atoms with Crippen LogP contribution in [-0.2, 0) is 14.9 Å². The Morgan fingerprint density at radius 1 is 1.24 bits per heavy atom. The lowest BCUT2D eigenvalue weighted by molar-refractivity contribution is -0.157. The largest absolute Gasteiger partial charge is 0.508 e. The molecule has 174 valence electrons. The molecule has 0 bridgehead atoms. The van der Waals surface area contributed by atoms with Crippen LogP contribution in [0.5, 0.6) is 5.75 Å². The fourth-order valence-electron chi connectivity index (χ4n) is 5.73. The van der Waals surface area contributed by atoms with Crippen molar-refractivity contribution in [2.45, 2.75) is 43.7 Å². The average Bonchev–Trinajstić information content (AvgIpc) is 2.80. The standard InChI is InChI=1S/C27H32N2O4/c1-3-13-29-14-12-27(21-10-7-11-23(31)15-21)17-22(16-25(24(27)18-29)33-19(2)30)28-26(32)20-8-5-4-6-9-20/h3-11,15,22,24-25,31H,1,12-14,16-18H2,2H3,(H,28,32)/t22-,24-,25?,27-/m0/s1. The van der Waals surface area contributed by atoms with E-state index < -0.39 is 0 Å². The zero-order chi connectivity index (χ0) is 23.4. The van der Waals surface area contributed by atoms with Gasteiger partial charge in [0.2, 0.25) is 0 Å². The van der Waals surface area contributed by atoms with Crippen LogP contribution in [0.15, 0.2) is 67.3 Å². The van der Waals surface area contributed by atoms with Crippen molar-refractivity contribution in [3.63, 3.8) is 0 Å². The number of phenolic OH excluding ortho intramolecular Hbond substituents is 1. The minimum atomic E-state index is -0.340. The van der Waals surface area contributed by atoms with E-state index in [9.17, 15) is 14.7 Å². The maximum absolute atomic E-state index is 13.0. The van der Waals surface area contributed by atoms with Crippen molar-refractivity contribution >= 4 is 11.9 Å². The Morgan fingerprint density at radius 3 is 2.73 bits per heavy atom. The first kappa shape index (κ1) is 23.1. The summed E-state index contributed by atoms with van der Waals surface area (Å²) >= 11 is 0. The highest BCUT2D eigenvalue weighted by Gasteiger charge is 2.53. The number of esters is 1. The molecule has 2 aromatic carbocycles. The van der Waals surface area contributed by atoms with E-state index in [1.807, 2.05) is 42.5 Å². The summed E-state index contributed by atoms with van der Waals surface area (Å²) in [5, 5.41) is 13.5. The van der Waals surface area contributed by atoms with Crippen LogP contribution in [0, 0.1) is 5.92 Å². The lowest BCUT2D eigenvalue weighted by Gasteiger charge is -2.55. The van der Waals surface area contributed by atoms with E-state index in [1.165, 1.54) is 6.92 Å². The van der Waals surface area contributed by atoms with Crippen LogP contribution in [0.25, 0.3) is 0 Å². The minimum Gasteiger partial charge on any atom is -0.508 e. The molecule has 33 heavy (non-hydrogen) atoms. The van der Waals surface area contributed by atoms with E-state index in [4.69, 9.17) is 4.74 Å². The van der Waals surface area contributed by atoms with Gasteiger partial charge in [-0.2, -0.15) is 0 Å². The highest BCUT2D eigenvalue weighted by Crippen LogP contribution is 2.50. The number of amides is 1. The molecule has 1 amide bonds. The topological polar surface area (TPSA) is 78.9 Å². The molecule has 0 spiro atoms. The van der Waals surface area contributed by atoms with Crippen molar-refractivity contribution in [1.29, 1.82) is 0 Å². The number of nitrogens with zero attached hydrogens (tertiary/aromatic N) is 1. The smallest absolute Gasteiger partial charge is 0.302 e. The van der Waals surface area contributed by atoms with Crippen molar-refractivity contribution < 1.29 is 19.4 Å². The molecule has 0 aromatic heterocycles. The number of phenols is 1. The molecule has 2 aliphatic rings. The van der Waals surface area contributed by atoms with Crippen molar-refractivity contribution in [2.24, 2.45) is 5.92 Å². The zero-order valence-corrected chi connectivity index (χ0v) is 19.1. The van der Waals surface area contributed by atoms with E-state index in [1.54, 1.807) is 18.2 Å². The second kappa shape index (κ2) is 9.79. The van der Waals surface area contributed by atoms with Crippen LogP contribution in [0.2, 0.25) is 0 Å². The molecule has 1 saturated carbocycles. The van der Waals surface area contributed by atoms with E-state index in [0.717, 1.165) is 38.0 Å². The highest BCUT2D eigenvalue weighted by atomic mass is 16.5. The van der Waals surface area contributed by atoms with Gasteiger partial charge in [-0.3, -0.25) is 14.5 Å². The van der Waals surface area contributed by atoms with Gasteiger partial charge in [0.15, 0.2) is 0 Å². The molecule has 0 radical (unpaired) electrons. The molecule has 1 saturated heterocycles. The number of likely N-dealkylation sites (tertiary alicyclic amines) is 1. The number of rotatable bonds is 6. The van der Waals surface area contributed by atoms with Gasteiger partial charge in [-0.05, 0) is 49.2 Å². The molecular formula is C27H32N2O4. The molecule has 2 fully saturated rings. The predicted molar refractivity (Wildman–Crippen MR) is 127 cm³/mol. The quantitative estimate of drug-likeness (QED) is 0.521. The van der Waals surface area contributed by atoms with Gasteiger partial charge in [-0.15, -0.1) is 6.58 Å². The molecule has 1 unspecified atom stereocenters. The maximum atomic E-state index is 13.0. The Hall–Kier alpha value is -3.12. The number of nitrogens with one attached hydrogen (secondary N) is 1. The van der Waals surface area contributed by atoms with Crippen molar-refractivity contribution in [1.82, 2.24) is 10.2 Å². The normalized spacial score (nSPS) is 27.2. The van der Waals surface area contributed by atoms with Crippen molar-refractivity contribution in [3.8, 4) is 5.75 Å². The molecule has 1 aliphatic heterocycles. The Bertz CT molecular complexity index is 1010. The Morgan fingerprint density at radius 2 is 2.03 bits per heavy atom. The van der Waals surface area contributed by atoms with E-state index in [2.05, 4.69) is 16.8 Å². The number of fused-ring (bicyclic) bond motifs is 1. The number of ether oxygens (including phenoxy) is 1. The number of benzene rings is 2. The second-order valence-electron chi connectivity index (χ2n) is 9.24. The van der Waals surface area contributed by atoms with Crippen LogP contribution in [-0.4, -0.2) is 53.7 Å². The third kappa shape index (κ3) is 4.96. The first-order valence-electron chi connectivity index (χ1n) is 11.6. The van der Waals surface area contributed by atoms with Gasteiger partial charge < -0.3 is 15.2 Å². The molecular weight excluding hydrogens is 416 g/mol. The molecule has 2 N–H and O–H groups in total. The fourth-order valence-corrected chi connectivity index (χ4v) is 5.73. The number of hydrogen-bond donors (Lipinski definition) is 2. The monoisotopic (exact) mass is 448 g/mol. The Labute approximate surface area is 195 Å². The van der Waals surface area contributed by atoms with Crippen LogP contribution < -0.4 is 5.32 Å². The summed E-state index contributed by atoms with van der Waals surface area (Å²) in [7, 11) is 0. The summed E-state index contributed by atoms with van der Waals surface area (Å²) in [6, 6.07) is 16.4. The second-order valence-corrected chi connectivity index (χ2v) is 9.24. The number of carbonyl (C=O) groups excluding carboxylic acids is 2. The third-order valence-corrected chi connectivity index (χ3v) is 7.11. The SMILES string of the molecule is C=CCN1CC[C@@]2(c3cccc(O)c3)C[C@@H](NC(=O)c3ccccc3)CC(OC(C)=O)[C@@H]2C1. The summed E-state index contributed by atoms with van der Waals surface area (Å²) in [5.74, 6) is -0.188. The van der Waals surface area contributed by atoms with Crippen molar-refractivity contribution in [2.75, 3.05) is 19.6 Å². The van der Waals surface area contributed by atoms with Gasteiger partial charge in [0.25, 0.3) is 5.91 Å². The number of piperidine rings is 1. The first-order valence-corrected chi connectivity index (χ1v) is 11.6. The van der Waals surface area contributed by atoms with Crippen LogP contribution in [0.1, 0.15) is 42.1 Å². The van der Waals surface area contributed by atoms with Crippen LogP contribution in [0.4, 0.5) is 0 Å². The van der Waals surface area contributed by atoms with Gasteiger partial charge >= 0.3 is 5.97 Å². The van der Waals surface area contributed by atoms with E-state index in [0.29, 0.717) is 12.0 Å². The van der Waals surface area contributed by atoms with Gasteiger partial charge in [-0.25, -0.2) is 0 Å². The predicted octanol–water partition coefficient (Wildman–Crippen LogP) is 3.66. The summed E-state index contributed by atoms with van der Waals surface area (Å²) < 4.78 is 5.88. The summed E-state index contributed by atoms with van der Waals surface area (Å²) in [4.78, 5) is 27.3. The van der Waals surface area contributed by atoms with Gasteiger partial charge in [0.1, 0.15) is 11.9 Å². The third-order valence-electron chi connectivity index (χ3n) is 7.11. The molecule has 4 atom stereocenters. The fraction of sp³-hybridized carbons (Fsp3) is 0.407. The van der Waals surface area contributed by atoms with Crippen molar-refractivity contribution in [3.05, 3.63) is 78.4 Å². The molecule has 2 aromatic rings. The molecule has 6 nitrogen and oxygen atoms in total. The highest BCUT2D eigenvalue weighted by molar-refractivity contribution is 5.94. The maximum Gasteiger partial charge on any atom is 0.302 e. The zero-order valence-electron chi connectivity index (χ0n) is 19.1. The molecule has 6 heteroatoms. The Kier molecular flexibility index (Phi) is 6.84. The van der Waals surface area contributed by atoms with Gasteiger partial charge in [0, 0.05) is 49.4 Å². The van der Waals surface area contributed by atoms with Gasteiger partial charge in [0.05, 0.1) is 0 Å². The summed E-state index contributed by atoms with van der Waals surface area (Å²) in [6.07, 6.45) is 3.68. The summed E-state index contributed by atoms with van der Waals surface area (Å²) in [5.41, 5.74) is 1.31. The van der Waals surface area contributed by atoms with Gasteiger partial charge in [-0.1, -0.05) is 36.4 Å². The lowest BCUT2D eigenvalue weighted by atomic mass is 9.57. The minimum absolute atomic E-state index is 0.0433. The lowest BCUT2D eigenvalue weighted by Crippen LogP contribution is -2.61. The van der Waals surface area contributed by atoms with Crippen LogP contribution >= 0.6 is 0 Å². The summed E-state index contributed by atoms with van der Waals surface area (Å²) in [6.45, 7) is 7.72. The first-order chi connectivity index (χ1) is 15.9. The Balaban J connectivity index is 1.70. The van der Waals surface area contributed by atoms with E-state index in [-0.39, 0.29) is 41.1 Å². The average molecular weight is 449 g/mol. The number of hydrogen-bond acceptors (Lipinski definition) is 5. The molecule has 1 aliphatic carbocycles.